The second-order valence-electron chi connectivity index (χ2n) is 5.52. The first-order chi connectivity index (χ1) is 9.83. The van der Waals surface area contributed by atoms with E-state index in [0.29, 0.717) is 6.04 Å². The average Bonchev–Trinajstić information content (AvgIpc) is 3.01. The lowest BCUT2D eigenvalue weighted by molar-refractivity contribution is 0.414. The summed E-state index contributed by atoms with van der Waals surface area (Å²) in [5, 5.41) is 4.57. The molecule has 1 aromatic carbocycles. The van der Waals surface area contributed by atoms with Gasteiger partial charge in [0.2, 0.25) is 0 Å². The van der Waals surface area contributed by atoms with Crippen molar-refractivity contribution >= 4 is 11.8 Å². The van der Waals surface area contributed by atoms with E-state index in [-0.39, 0.29) is 0 Å². The van der Waals surface area contributed by atoms with Crippen LogP contribution in [0.5, 0.6) is 5.75 Å². The highest BCUT2D eigenvalue weighted by atomic mass is 32.2. The molecular formula is C17H27NOS. The van der Waals surface area contributed by atoms with Crippen molar-refractivity contribution in [1.29, 1.82) is 0 Å². The van der Waals surface area contributed by atoms with Gasteiger partial charge in [-0.1, -0.05) is 31.9 Å². The minimum Gasteiger partial charge on any atom is -0.497 e. The van der Waals surface area contributed by atoms with E-state index in [1.807, 2.05) is 0 Å². The Hall–Kier alpha value is -0.670. The second kappa shape index (κ2) is 8.58. The molecule has 0 saturated heterocycles. The molecule has 1 N–H and O–H groups in total. The van der Waals surface area contributed by atoms with Gasteiger partial charge in [-0.05, 0) is 43.5 Å². The molecule has 1 unspecified atom stereocenters. The van der Waals surface area contributed by atoms with Gasteiger partial charge in [-0.2, -0.15) is 11.8 Å². The van der Waals surface area contributed by atoms with Crippen LogP contribution in [-0.4, -0.2) is 24.7 Å². The number of hydrogen-bond acceptors (Lipinski definition) is 3. The van der Waals surface area contributed by atoms with E-state index in [9.17, 15) is 0 Å². The van der Waals surface area contributed by atoms with Gasteiger partial charge in [0.25, 0.3) is 0 Å². The zero-order chi connectivity index (χ0) is 14.2. The van der Waals surface area contributed by atoms with E-state index in [1.165, 1.54) is 43.4 Å². The summed E-state index contributed by atoms with van der Waals surface area (Å²) in [4.78, 5) is 0. The largest absolute Gasteiger partial charge is 0.497 e. The predicted octanol–water partition coefficient (Wildman–Crippen LogP) is 4.41. The Morgan fingerprint density at radius 1 is 1.25 bits per heavy atom. The monoisotopic (exact) mass is 293 g/mol. The van der Waals surface area contributed by atoms with Crippen LogP contribution in [0.1, 0.15) is 50.6 Å². The van der Waals surface area contributed by atoms with Crippen LogP contribution in [0.3, 0.4) is 0 Å². The number of ether oxygens (including phenoxy) is 1. The molecular weight excluding hydrogens is 266 g/mol. The van der Waals surface area contributed by atoms with Crippen molar-refractivity contribution in [2.75, 3.05) is 19.4 Å². The summed E-state index contributed by atoms with van der Waals surface area (Å²) in [6, 6.07) is 8.99. The Balaban J connectivity index is 1.93. The third kappa shape index (κ3) is 4.71. The SMILES string of the molecule is CCCNC(CSC1CCCC1)c1ccc(OC)cc1. The predicted molar refractivity (Wildman–Crippen MR) is 88.7 cm³/mol. The number of rotatable bonds is 8. The Morgan fingerprint density at radius 2 is 1.95 bits per heavy atom. The van der Waals surface area contributed by atoms with Crippen molar-refractivity contribution in [3.8, 4) is 5.75 Å². The van der Waals surface area contributed by atoms with Crippen LogP contribution in [0.2, 0.25) is 0 Å². The number of hydrogen-bond donors (Lipinski definition) is 1. The molecule has 1 fully saturated rings. The van der Waals surface area contributed by atoms with E-state index in [2.05, 4.69) is 48.3 Å². The molecule has 0 aliphatic heterocycles. The first-order valence-electron chi connectivity index (χ1n) is 7.82. The van der Waals surface area contributed by atoms with Gasteiger partial charge < -0.3 is 10.1 Å². The number of thioether (sulfide) groups is 1. The molecule has 112 valence electrons. The van der Waals surface area contributed by atoms with Crippen molar-refractivity contribution in [2.24, 2.45) is 0 Å². The first kappa shape index (κ1) is 15.7. The van der Waals surface area contributed by atoms with Gasteiger partial charge in [-0.3, -0.25) is 0 Å². The van der Waals surface area contributed by atoms with Crippen molar-refractivity contribution < 1.29 is 4.74 Å². The van der Waals surface area contributed by atoms with Crippen molar-refractivity contribution in [1.82, 2.24) is 5.32 Å². The Bertz CT molecular complexity index is 373. The maximum Gasteiger partial charge on any atom is 0.118 e. The standard InChI is InChI=1S/C17H27NOS/c1-3-12-18-17(13-20-16-6-4-5-7-16)14-8-10-15(19-2)11-9-14/h8-11,16-18H,3-7,12-13H2,1-2H3. The van der Waals surface area contributed by atoms with E-state index < -0.39 is 0 Å². The summed E-state index contributed by atoms with van der Waals surface area (Å²) in [6.07, 6.45) is 6.85. The van der Waals surface area contributed by atoms with Crippen molar-refractivity contribution in [2.45, 2.75) is 50.3 Å². The fourth-order valence-electron chi connectivity index (χ4n) is 2.72. The molecule has 1 atom stereocenters. The second-order valence-corrected chi connectivity index (χ2v) is 6.85. The maximum absolute atomic E-state index is 5.25. The molecule has 0 amide bonds. The topological polar surface area (TPSA) is 21.3 Å². The molecule has 1 aliphatic carbocycles. The van der Waals surface area contributed by atoms with Gasteiger partial charge in [0, 0.05) is 17.0 Å². The third-order valence-corrected chi connectivity index (χ3v) is 5.43. The zero-order valence-corrected chi connectivity index (χ0v) is 13.5. The minimum atomic E-state index is 0.464. The van der Waals surface area contributed by atoms with Gasteiger partial charge in [0.05, 0.1) is 7.11 Å². The summed E-state index contributed by atoms with van der Waals surface area (Å²) in [7, 11) is 1.72. The summed E-state index contributed by atoms with van der Waals surface area (Å²) >= 11 is 2.15. The lowest BCUT2D eigenvalue weighted by Gasteiger charge is -2.21. The van der Waals surface area contributed by atoms with E-state index in [4.69, 9.17) is 4.74 Å². The Morgan fingerprint density at radius 3 is 2.55 bits per heavy atom. The zero-order valence-electron chi connectivity index (χ0n) is 12.7. The summed E-state index contributed by atoms with van der Waals surface area (Å²) in [5.41, 5.74) is 1.38. The summed E-state index contributed by atoms with van der Waals surface area (Å²) in [5.74, 6) is 2.11. The van der Waals surface area contributed by atoms with E-state index in [0.717, 1.165) is 17.5 Å². The highest BCUT2D eigenvalue weighted by molar-refractivity contribution is 7.99. The van der Waals surface area contributed by atoms with Crippen LogP contribution in [0.15, 0.2) is 24.3 Å². The molecule has 0 radical (unpaired) electrons. The Kier molecular flexibility index (Phi) is 6.74. The average molecular weight is 293 g/mol. The Labute approximate surface area is 127 Å². The van der Waals surface area contributed by atoms with E-state index >= 15 is 0 Å². The fraction of sp³-hybridized carbons (Fsp3) is 0.647. The lowest BCUT2D eigenvalue weighted by Crippen LogP contribution is -2.24. The molecule has 2 rings (SSSR count). The van der Waals surface area contributed by atoms with Gasteiger partial charge in [0.15, 0.2) is 0 Å². The number of nitrogens with one attached hydrogen (secondary N) is 1. The number of methoxy groups -OCH3 is 1. The maximum atomic E-state index is 5.25. The van der Waals surface area contributed by atoms with Crippen LogP contribution in [0.25, 0.3) is 0 Å². The molecule has 2 nitrogen and oxygen atoms in total. The minimum absolute atomic E-state index is 0.464. The molecule has 3 heteroatoms. The normalized spacial score (nSPS) is 17.3. The van der Waals surface area contributed by atoms with Crippen molar-refractivity contribution in [3.63, 3.8) is 0 Å². The van der Waals surface area contributed by atoms with Gasteiger partial charge in [0.1, 0.15) is 5.75 Å². The van der Waals surface area contributed by atoms with Gasteiger partial charge in [-0.15, -0.1) is 0 Å². The molecule has 20 heavy (non-hydrogen) atoms. The van der Waals surface area contributed by atoms with Gasteiger partial charge in [-0.25, -0.2) is 0 Å². The highest BCUT2D eigenvalue weighted by Gasteiger charge is 2.18. The fourth-order valence-corrected chi connectivity index (χ4v) is 4.16. The summed E-state index contributed by atoms with van der Waals surface area (Å²) in [6.45, 7) is 3.31. The first-order valence-corrected chi connectivity index (χ1v) is 8.87. The molecule has 0 aromatic heterocycles. The third-order valence-electron chi connectivity index (χ3n) is 3.96. The van der Waals surface area contributed by atoms with Crippen LogP contribution in [-0.2, 0) is 0 Å². The molecule has 1 saturated carbocycles. The lowest BCUT2D eigenvalue weighted by atomic mass is 10.1. The smallest absolute Gasteiger partial charge is 0.118 e. The molecule has 1 aliphatic rings. The van der Waals surface area contributed by atoms with Crippen LogP contribution < -0.4 is 10.1 Å². The van der Waals surface area contributed by atoms with Crippen LogP contribution in [0, 0.1) is 0 Å². The van der Waals surface area contributed by atoms with Crippen LogP contribution >= 0.6 is 11.8 Å². The highest BCUT2D eigenvalue weighted by Crippen LogP contribution is 2.32. The van der Waals surface area contributed by atoms with Crippen LogP contribution in [0.4, 0.5) is 0 Å². The quantitative estimate of drug-likeness (QED) is 0.767. The van der Waals surface area contributed by atoms with E-state index in [1.54, 1.807) is 7.11 Å². The summed E-state index contributed by atoms with van der Waals surface area (Å²) < 4.78 is 5.25. The molecule has 0 spiro atoms. The molecule has 0 heterocycles. The molecule has 1 aromatic rings. The van der Waals surface area contributed by atoms with Gasteiger partial charge >= 0.3 is 0 Å². The molecule has 0 bridgehead atoms. The number of benzene rings is 1. The van der Waals surface area contributed by atoms with Crippen molar-refractivity contribution in [3.05, 3.63) is 29.8 Å².